The van der Waals surface area contributed by atoms with Crippen molar-refractivity contribution in [1.29, 1.82) is 0 Å². The van der Waals surface area contributed by atoms with E-state index in [9.17, 15) is 4.79 Å². The van der Waals surface area contributed by atoms with Crippen LogP contribution in [0.3, 0.4) is 0 Å². The summed E-state index contributed by atoms with van der Waals surface area (Å²) in [6, 6.07) is 0. The first-order valence-electron chi connectivity index (χ1n) is 3.74. The number of rotatable bonds is 2. The molecule has 0 aliphatic carbocycles. The van der Waals surface area contributed by atoms with Crippen LogP contribution in [0, 0.1) is 0 Å². The molecule has 2 aliphatic heterocycles. The fourth-order valence-electron chi connectivity index (χ4n) is 1.62. The zero-order valence-corrected chi connectivity index (χ0v) is 6.06. The largest absolute Gasteiger partial charge is 0.459 e. The van der Waals surface area contributed by atoms with E-state index in [2.05, 4.69) is 0 Å². The fraction of sp³-hybridized carbons (Fsp3) is 0.857. The first-order chi connectivity index (χ1) is 5.42. The van der Waals surface area contributed by atoms with E-state index in [0.29, 0.717) is 19.7 Å². The van der Waals surface area contributed by atoms with Gasteiger partial charge in [0.15, 0.2) is 6.10 Å². The molecule has 0 aromatic carbocycles. The van der Waals surface area contributed by atoms with Gasteiger partial charge in [0.1, 0.15) is 6.10 Å². The lowest BCUT2D eigenvalue weighted by Gasteiger charge is -2.12. The van der Waals surface area contributed by atoms with E-state index in [1.165, 1.54) is 0 Å². The van der Waals surface area contributed by atoms with E-state index >= 15 is 0 Å². The van der Waals surface area contributed by atoms with Gasteiger partial charge in [0, 0.05) is 6.61 Å². The monoisotopic (exact) mass is 158 g/mol. The molecule has 0 aromatic rings. The van der Waals surface area contributed by atoms with E-state index in [1.807, 2.05) is 0 Å². The predicted octanol–water partition coefficient (Wildman–Crippen LogP) is -0.284. The maximum atomic E-state index is 10.0. The number of hydrogen-bond donors (Lipinski definition) is 0. The molecule has 0 saturated carbocycles. The number of hydrogen-bond acceptors (Lipinski definition) is 4. The minimum Gasteiger partial charge on any atom is -0.459 e. The lowest BCUT2D eigenvalue weighted by atomic mass is 10.1. The highest BCUT2D eigenvalue weighted by atomic mass is 16.6. The number of carbonyl (C=O) groups is 1. The molecule has 0 aromatic heterocycles. The van der Waals surface area contributed by atoms with Crippen molar-refractivity contribution < 1.29 is 19.0 Å². The Kier molecular flexibility index (Phi) is 1.79. The van der Waals surface area contributed by atoms with Crippen molar-refractivity contribution in [3.05, 3.63) is 0 Å². The van der Waals surface area contributed by atoms with E-state index in [4.69, 9.17) is 14.2 Å². The zero-order chi connectivity index (χ0) is 7.68. The Balaban J connectivity index is 1.97. The third-order valence-corrected chi connectivity index (χ3v) is 2.15. The van der Waals surface area contributed by atoms with Gasteiger partial charge in [-0.3, -0.25) is 4.79 Å². The van der Waals surface area contributed by atoms with Crippen LogP contribution in [-0.2, 0) is 19.0 Å². The van der Waals surface area contributed by atoms with Gasteiger partial charge in [0.25, 0.3) is 6.47 Å². The molecule has 0 spiro atoms. The van der Waals surface area contributed by atoms with Gasteiger partial charge >= 0.3 is 0 Å². The number of carbonyl (C=O) groups excluding carboxylic acids is 1. The van der Waals surface area contributed by atoms with Crippen LogP contribution in [0.5, 0.6) is 0 Å². The molecule has 2 saturated heterocycles. The van der Waals surface area contributed by atoms with E-state index in [1.54, 1.807) is 0 Å². The SMILES string of the molecule is O=CO[C@H]1COC2CCO[C@@H]21. The molecule has 2 heterocycles. The minimum absolute atomic E-state index is 0.0137. The molecule has 4 heteroatoms. The van der Waals surface area contributed by atoms with Crippen LogP contribution in [0.15, 0.2) is 0 Å². The van der Waals surface area contributed by atoms with Gasteiger partial charge < -0.3 is 14.2 Å². The molecule has 62 valence electrons. The summed E-state index contributed by atoms with van der Waals surface area (Å²) in [5.74, 6) is 0. The Labute approximate surface area is 64.4 Å². The second-order valence-corrected chi connectivity index (χ2v) is 2.77. The van der Waals surface area contributed by atoms with Crippen molar-refractivity contribution in [3.8, 4) is 0 Å². The third-order valence-electron chi connectivity index (χ3n) is 2.15. The molecular formula is C7H10O4. The molecule has 4 nitrogen and oxygen atoms in total. The molecule has 2 aliphatic rings. The summed E-state index contributed by atoms with van der Waals surface area (Å²) in [5.41, 5.74) is 0. The molecule has 0 N–H and O–H groups in total. The van der Waals surface area contributed by atoms with Crippen LogP contribution in [0.1, 0.15) is 6.42 Å². The number of ether oxygens (including phenoxy) is 3. The standard InChI is InChI=1S/C7H10O4/c8-4-11-6-3-10-5-1-2-9-7(5)6/h4-7H,1-3H2/t5?,6-,7-/m0/s1. The lowest BCUT2D eigenvalue weighted by Crippen LogP contribution is -2.29. The molecule has 0 radical (unpaired) electrons. The molecule has 1 unspecified atom stereocenters. The molecule has 11 heavy (non-hydrogen) atoms. The Morgan fingerprint density at radius 3 is 3.18 bits per heavy atom. The van der Waals surface area contributed by atoms with Gasteiger partial charge in [-0.15, -0.1) is 0 Å². The lowest BCUT2D eigenvalue weighted by molar-refractivity contribution is -0.138. The highest BCUT2D eigenvalue weighted by Gasteiger charge is 2.42. The second kappa shape index (κ2) is 2.79. The van der Waals surface area contributed by atoms with Crippen molar-refractivity contribution in [3.63, 3.8) is 0 Å². The molecule has 2 fully saturated rings. The van der Waals surface area contributed by atoms with Crippen molar-refractivity contribution in [2.24, 2.45) is 0 Å². The maximum Gasteiger partial charge on any atom is 0.293 e. The Bertz CT molecular complexity index is 159. The molecule has 0 bridgehead atoms. The highest BCUT2D eigenvalue weighted by molar-refractivity contribution is 5.37. The van der Waals surface area contributed by atoms with Crippen molar-refractivity contribution in [2.45, 2.75) is 24.7 Å². The second-order valence-electron chi connectivity index (χ2n) is 2.77. The summed E-state index contributed by atoms with van der Waals surface area (Å²) in [6.45, 7) is 1.65. The molecule has 0 amide bonds. The summed E-state index contributed by atoms with van der Waals surface area (Å²) in [6.07, 6.45) is 0.878. The number of fused-ring (bicyclic) bond motifs is 1. The summed E-state index contributed by atoms with van der Waals surface area (Å²) in [4.78, 5) is 10.0. The van der Waals surface area contributed by atoms with Crippen LogP contribution >= 0.6 is 0 Å². The Morgan fingerprint density at radius 1 is 1.45 bits per heavy atom. The van der Waals surface area contributed by atoms with Gasteiger partial charge in [-0.2, -0.15) is 0 Å². The quantitative estimate of drug-likeness (QED) is 0.518. The average molecular weight is 158 g/mol. The van der Waals surface area contributed by atoms with Crippen LogP contribution in [-0.4, -0.2) is 38.0 Å². The van der Waals surface area contributed by atoms with Crippen LogP contribution in [0.25, 0.3) is 0 Å². The first-order valence-corrected chi connectivity index (χ1v) is 3.74. The summed E-state index contributed by atoms with van der Waals surface area (Å²) >= 11 is 0. The first kappa shape index (κ1) is 7.06. The van der Waals surface area contributed by atoms with E-state index in [0.717, 1.165) is 6.42 Å². The minimum atomic E-state index is -0.181. The van der Waals surface area contributed by atoms with Crippen LogP contribution in [0.2, 0.25) is 0 Å². The van der Waals surface area contributed by atoms with E-state index < -0.39 is 0 Å². The zero-order valence-electron chi connectivity index (χ0n) is 6.06. The fourth-order valence-corrected chi connectivity index (χ4v) is 1.62. The topological polar surface area (TPSA) is 44.8 Å². The van der Waals surface area contributed by atoms with Crippen LogP contribution in [0.4, 0.5) is 0 Å². The summed E-state index contributed by atoms with van der Waals surface area (Å²) in [5, 5.41) is 0. The van der Waals surface area contributed by atoms with Crippen molar-refractivity contribution in [2.75, 3.05) is 13.2 Å². The Morgan fingerprint density at radius 2 is 2.36 bits per heavy atom. The van der Waals surface area contributed by atoms with Gasteiger partial charge in [-0.05, 0) is 6.42 Å². The van der Waals surface area contributed by atoms with Gasteiger partial charge in [-0.1, -0.05) is 0 Å². The smallest absolute Gasteiger partial charge is 0.293 e. The van der Waals surface area contributed by atoms with Crippen molar-refractivity contribution >= 4 is 6.47 Å². The Hall–Kier alpha value is -0.610. The maximum absolute atomic E-state index is 10.0. The van der Waals surface area contributed by atoms with Gasteiger partial charge in [0.2, 0.25) is 0 Å². The van der Waals surface area contributed by atoms with Gasteiger partial charge in [-0.25, -0.2) is 0 Å². The van der Waals surface area contributed by atoms with E-state index in [-0.39, 0.29) is 18.3 Å². The van der Waals surface area contributed by atoms with Crippen molar-refractivity contribution in [1.82, 2.24) is 0 Å². The molecule has 3 atom stereocenters. The normalized spacial score (nSPS) is 42.0. The van der Waals surface area contributed by atoms with Gasteiger partial charge in [0.05, 0.1) is 12.7 Å². The highest BCUT2D eigenvalue weighted by Crippen LogP contribution is 2.27. The summed E-state index contributed by atoms with van der Waals surface area (Å²) < 4.78 is 15.5. The van der Waals surface area contributed by atoms with Crippen LogP contribution < -0.4 is 0 Å². The average Bonchev–Trinajstić information content (AvgIpc) is 2.53. The molecular weight excluding hydrogens is 148 g/mol. The predicted molar refractivity (Wildman–Crippen MR) is 35.0 cm³/mol. The third kappa shape index (κ3) is 1.12. The summed E-state index contributed by atoms with van der Waals surface area (Å²) in [7, 11) is 0. The molecule has 2 rings (SSSR count).